The first-order valence-corrected chi connectivity index (χ1v) is 22.8. The molecule has 0 radical (unpaired) electrons. The van der Waals surface area contributed by atoms with Crippen molar-refractivity contribution < 1.29 is 0 Å². The van der Waals surface area contributed by atoms with Crippen molar-refractivity contribution in [1.82, 2.24) is 0 Å². The second-order valence-electron chi connectivity index (χ2n) is 21.1. The summed E-state index contributed by atoms with van der Waals surface area (Å²) in [6.45, 7) is 23.7. The van der Waals surface area contributed by atoms with E-state index in [-0.39, 0.29) is 21.7 Å². The molecule has 0 amide bonds. The van der Waals surface area contributed by atoms with Gasteiger partial charge in [0.15, 0.2) is 0 Å². The summed E-state index contributed by atoms with van der Waals surface area (Å²) in [5, 5.41) is 0. The highest BCUT2D eigenvalue weighted by molar-refractivity contribution is 5.93. The number of hydrogen-bond donors (Lipinski definition) is 0. The van der Waals surface area contributed by atoms with E-state index >= 15 is 0 Å². The predicted octanol–water partition coefficient (Wildman–Crippen LogP) is 17.0. The van der Waals surface area contributed by atoms with E-state index in [9.17, 15) is 0 Å². The van der Waals surface area contributed by atoms with Gasteiger partial charge in [-0.1, -0.05) is 183 Å². The normalized spacial score (nSPS) is 15.5. The molecule has 0 heterocycles. The van der Waals surface area contributed by atoms with E-state index in [0.29, 0.717) is 0 Å². The molecule has 0 atom stereocenters. The van der Waals surface area contributed by atoms with Crippen molar-refractivity contribution in [3.8, 4) is 55.6 Å². The number of fused-ring (bicyclic) bond motifs is 9. The lowest BCUT2D eigenvalue weighted by Gasteiger charge is -2.33. The zero-order valence-corrected chi connectivity index (χ0v) is 38.5. The zero-order valence-electron chi connectivity index (χ0n) is 38.5. The van der Waals surface area contributed by atoms with Crippen LogP contribution in [0.15, 0.2) is 164 Å². The molecule has 0 saturated carbocycles. The Morgan fingerprint density at radius 2 is 0.698 bits per heavy atom. The van der Waals surface area contributed by atoms with Crippen LogP contribution < -0.4 is 4.90 Å². The summed E-state index contributed by atoms with van der Waals surface area (Å²) < 4.78 is 0. The smallest absolute Gasteiger partial charge is 0.0474 e. The molecule has 0 fully saturated rings. The van der Waals surface area contributed by atoms with Crippen LogP contribution >= 0.6 is 0 Å². The molecule has 1 nitrogen and oxygen atoms in total. The fraction of sp³-hybridized carbons (Fsp3) is 0.226. The van der Waals surface area contributed by atoms with E-state index in [4.69, 9.17) is 0 Å². The average molecular weight is 816 g/mol. The lowest BCUT2D eigenvalue weighted by atomic mass is 9.75. The molecule has 0 saturated heterocycles. The first-order valence-electron chi connectivity index (χ1n) is 22.8. The summed E-state index contributed by atoms with van der Waals surface area (Å²) in [7, 11) is 0. The summed E-state index contributed by atoms with van der Waals surface area (Å²) >= 11 is 0. The van der Waals surface area contributed by atoms with Crippen LogP contribution in [0.2, 0.25) is 0 Å². The molecule has 3 aliphatic carbocycles. The second-order valence-corrected chi connectivity index (χ2v) is 21.1. The number of hydrogen-bond acceptors (Lipinski definition) is 1. The van der Waals surface area contributed by atoms with Gasteiger partial charge in [0, 0.05) is 33.3 Å². The first kappa shape index (κ1) is 39.4. The minimum Gasteiger partial charge on any atom is -0.310 e. The fourth-order valence-corrected chi connectivity index (χ4v) is 11.7. The first-order chi connectivity index (χ1) is 30.0. The van der Waals surface area contributed by atoms with Crippen LogP contribution in [-0.4, -0.2) is 0 Å². The third-order valence-corrected chi connectivity index (χ3v) is 15.0. The van der Waals surface area contributed by atoms with Crippen molar-refractivity contribution in [2.45, 2.75) is 90.9 Å². The van der Waals surface area contributed by atoms with Crippen molar-refractivity contribution in [2.75, 3.05) is 4.90 Å². The Hall–Kier alpha value is -6.44. The number of nitrogens with zero attached hydrogens (tertiary/aromatic N) is 1. The summed E-state index contributed by atoms with van der Waals surface area (Å²) in [5.41, 5.74) is 27.0. The molecule has 0 aliphatic heterocycles. The molecule has 3 aliphatic rings. The highest BCUT2D eigenvalue weighted by Crippen LogP contribution is 2.55. The van der Waals surface area contributed by atoms with Gasteiger partial charge in [-0.3, -0.25) is 0 Å². The van der Waals surface area contributed by atoms with Crippen molar-refractivity contribution in [3.05, 3.63) is 208 Å². The standard InChI is InChI=1S/C62H57N/c1-38-23-27-41(28-24-38)63(42-29-32-49-46-19-13-16-22-54(46)62(9,10)57(49)37-42)43-35-50(39-25-30-47-44-17-11-14-20-52(44)60(5,6)55(47)33-39)58(59(2,3)4)51(36-43)40-26-31-48-45-18-12-15-21-53(45)61(7,8)56(48)34-40/h11-37H,1-10H3. The van der Waals surface area contributed by atoms with Crippen LogP contribution in [0.1, 0.15) is 107 Å². The monoisotopic (exact) mass is 815 g/mol. The van der Waals surface area contributed by atoms with Gasteiger partial charge in [-0.15, -0.1) is 0 Å². The second kappa shape index (κ2) is 13.5. The molecule has 11 rings (SSSR count). The van der Waals surface area contributed by atoms with Gasteiger partial charge in [-0.05, 0) is 155 Å². The average Bonchev–Trinajstić information content (AvgIpc) is 3.75. The molecule has 0 unspecified atom stereocenters. The van der Waals surface area contributed by atoms with Crippen molar-refractivity contribution in [2.24, 2.45) is 0 Å². The van der Waals surface area contributed by atoms with Gasteiger partial charge in [0.2, 0.25) is 0 Å². The van der Waals surface area contributed by atoms with Crippen LogP contribution in [0.25, 0.3) is 55.6 Å². The third kappa shape index (κ3) is 5.81. The Morgan fingerprint density at radius 1 is 0.333 bits per heavy atom. The Labute approximate surface area is 375 Å². The summed E-state index contributed by atoms with van der Waals surface area (Å²) in [6, 6.07) is 62.8. The van der Waals surface area contributed by atoms with Gasteiger partial charge in [-0.25, -0.2) is 0 Å². The van der Waals surface area contributed by atoms with Crippen LogP contribution in [0.4, 0.5) is 17.1 Å². The molecule has 1 heteroatoms. The fourth-order valence-electron chi connectivity index (χ4n) is 11.7. The van der Waals surface area contributed by atoms with E-state index in [1.54, 1.807) is 0 Å². The minimum atomic E-state index is -0.184. The third-order valence-electron chi connectivity index (χ3n) is 15.0. The van der Waals surface area contributed by atoms with E-state index in [1.165, 1.54) is 100 Å². The summed E-state index contributed by atoms with van der Waals surface area (Å²) in [6.07, 6.45) is 0. The van der Waals surface area contributed by atoms with Crippen molar-refractivity contribution >= 4 is 17.1 Å². The number of rotatable bonds is 5. The van der Waals surface area contributed by atoms with Crippen molar-refractivity contribution in [3.63, 3.8) is 0 Å². The Balaban J connectivity index is 1.20. The van der Waals surface area contributed by atoms with E-state index in [0.717, 1.165) is 17.1 Å². The molecule has 8 aromatic rings. The Morgan fingerprint density at radius 3 is 1.13 bits per heavy atom. The molecular formula is C62H57N. The lowest BCUT2D eigenvalue weighted by molar-refractivity contribution is 0.593. The van der Waals surface area contributed by atoms with Crippen LogP contribution in [-0.2, 0) is 21.7 Å². The maximum Gasteiger partial charge on any atom is 0.0474 e. The number of anilines is 3. The van der Waals surface area contributed by atoms with Gasteiger partial charge in [0.05, 0.1) is 0 Å². The molecular weight excluding hydrogens is 759 g/mol. The molecule has 0 bridgehead atoms. The van der Waals surface area contributed by atoms with Crippen LogP contribution in [0.5, 0.6) is 0 Å². The minimum absolute atomic E-state index is 0.117. The number of aryl methyl sites for hydroxylation is 1. The highest BCUT2D eigenvalue weighted by Gasteiger charge is 2.39. The van der Waals surface area contributed by atoms with Gasteiger partial charge in [0.25, 0.3) is 0 Å². The van der Waals surface area contributed by atoms with Crippen molar-refractivity contribution in [1.29, 1.82) is 0 Å². The van der Waals surface area contributed by atoms with Crippen LogP contribution in [0.3, 0.4) is 0 Å². The predicted molar refractivity (Wildman–Crippen MR) is 268 cm³/mol. The largest absolute Gasteiger partial charge is 0.310 e. The summed E-state index contributed by atoms with van der Waals surface area (Å²) in [4.78, 5) is 2.51. The molecule has 0 spiro atoms. The zero-order chi connectivity index (χ0) is 43.8. The molecule has 0 N–H and O–H groups in total. The SMILES string of the molecule is Cc1ccc(N(c2cc(-c3ccc4c(c3)C(C)(C)c3ccccc3-4)c(C(C)(C)C)c(-c3ccc4c(c3)C(C)(C)c3ccccc3-4)c2)c2ccc3c(c2)C(C)(C)c2ccccc2-3)cc1. The van der Waals surface area contributed by atoms with E-state index in [1.807, 2.05) is 0 Å². The summed E-state index contributed by atoms with van der Waals surface area (Å²) in [5.74, 6) is 0. The Bertz CT molecular complexity index is 3050. The number of benzene rings is 8. The molecule has 0 aromatic heterocycles. The quantitative estimate of drug-likeness (QED) is 0.167. The molecule has 8 aromatic carbocycles. The topological polar surface area (TPSA) is 3.24 Å². The van der Waals surface area contributed by atoms with Gasteiger partial charge < -0.3 is 4.90 Å². The van der Waals surface area contributed by atoms with E-state index < -0.39 is 0 Å². The maximum atomic E-state index is 2.52. The maximum absolute atomic E-state index is 2.52. The lowest BCUT2D eigenvalue weighted by Crippen LogP contribution is -2.19. The highest BCUT2D eigenvalue weighted by atomic mass is 15.1. The van der Waals surface area contributed by atoms with E-state index in [2.05, 4.69) is 238 Å². The molecule has 310 valence electrons. The molecule has 63 heavy (non-hydrogen) atoms. The van der Waals surface area contributed by atoms with Gasteiger partial charge in [-0.2, -0.15) is 0 Å². The van der Waals surface area contributed by atoms with Gasteiger partial charge >= 0.3 is 0 Å². The van der Waals surface area contributed by atoms with Crippen LogP contribution in [0, 0.1) is 6.92 Å². The van der Waals surface area contributed by atoms with Gasteiger partial charge in [0.1, 0.15) is 0 Å². The Kier molecular flexibility index (Phi) is 8.46.